The molecular weight excluding hydrogens is 255 g/mol. The summed E-state index contributed by atoms with van der Waals surface area (Å²) in [6.07, 6.45) is 0. The summed E-state index contributed by atoms with van der Waals surface area (Å²) < 4.78 is 19.4. The minimum Gasteiger partial charge on any atom is -0.466 e. The van der Waals surface area contributed by atoms with E-state index in [0.717, 1.165) is 17.1 Å². The van der Waals surface area contributed by atoms with Gasteiger partial charge < -0.3 is 9.73 Å². The molecule has 2 rings (SSSR count). The van der Waals surface area contributed by atoms with Gasteiger partial charge in [-0.15, -0.1) is 0 Å². The fourth-order valence-corrected chi connectivity index (χ4v) is 2.26. The summed E-state index contributed by atoms with van der Waals surface area (Å²) in [5, 5.41) is 12.1. The van der Waals surface area contributed by atoms with Gasteiger partial charge in [-0.25, -0.2) is 4.39 Å². The quantitative estimate of drug-likeness (QED) is 0.922. The summed E-state index contributed by atoms with van der Waals surface area (Å²) in [5.41, 5.74) is 1.64. The minimum absolute atomic E-state index is 0.0533. The van der Waals surface area contributed by atoms with Crippen molar-refractivity contribution >= 4 is 0 Å². The molecule has 104 valence electrons. The Labute approximate surface area is 118 Å². The average molecular weight is 272 g/mol. The lowest BCUT2D eigenvalue weighted by molar-refractivity contribution is 0.487. The summed E-state index contributed by atoms with van der Waals surface area (Å²) in [6, 6.07) is 8.74. The highest BCUT2D eigenvalue weighted by Gasteiger charge is 2.13. The second-order valence-electron chi connectivity index (χ2n) is 4.86. The Morgan fingerprint density at radius 1 is 1.40 bits per heavy atom. The van der Waals surface area contributed by atoms with Crippen molar-refractivity contribution in [2.45, 2.75) is 33.4 Å². The number of nitrogens with one attached hydrogen (secondary N) is 1. The number of nitriles is 1. The molecule has 0 bridgehead atoms. The van der Waals surface area contributed by atoms with Crippen LogP contribution in [-0.4, -0.2) is 0 Å². The molecule has 4 heteroatoms. The highest BCUT2D eigenvalue weighted by atomic mass is 19.1. The molecule has 20 heavy (non-hydrogen) atoms. The standard InChI is InChI=1S/C16H17FN2O/c1-10-7-15(12(3)20-10)11(2)19-9-14-6-4-5-13(8-18)16(14)17/h4-7,11,19H,9H2,1-3H3. The number of hydrogen-bond donors (Lipinski definition) is 1. The number of hydrogen-bond acceptors (Lipinski definition) is 3. The number of rotatable bonds is 4. The van der Waals surface area contributed by atoms with Crippen molar-refractivity contribution in [3.63, 3.8) is 0 Å². The summed E-state index contributed by atoms with van der Waals surface area (Å²) in [4.78, 5) is 0. The minimum atomic E-state index is -0.449. The summed E-state index contributed by atoms with van der Waals surface area (Å²) in [7, 11) is 0. The van der Waals surface area contributed by atoms with Gasteiger partial charge in [0, 0.05) is 23.7 Å². The first-order valence-electron chi connectivity index (χ1n) is 6.50. The van der Waals surface area contributed by atoms with Gasteiger partial charge in [-0.2, -0.15) is 5.26 Å². The molecule has 0 aliphatic rings. The zero-order valence-electron chi connectivity index (χ0n) is 11.8. The van der Waals surface area contributed by atoms with Crippen LogP contribution in [0.4, 0.5) is 4.39 Å². The first-order valence-corrected chi connectivity index (χ1v) is 6.50. The van der Waals surface area contributed by atoms with E-state index in [0.29, 0.717) is 12.1 Å². The number of benzene rings is 1. The van der Waals surface area contributed by atoms with Crippen LogP contribution in [0.1, 0.15) is 41.2 Å². The molecule has 1 N–H and O–H groups in total. The molecule has 0 aliphatic heterocycles. The van der Waals surface area contributed by atoms with Crippen LogP contribution in [0, 0.1) is 31.0 Å². The van der Waals surface area contributed by atoms with Crippen LogP contribution < -0.4 is 5.32 Å². The molecule has 1 aromatic carbocycles. The summed E-state index contributed by atoms with van der Waals surface area (Å²) in [6.45, 7) is 6.19. The molecule has 0 aliphatic carbocycles. The lowest BCUT2D eigenvalue weighted by Gasteiger charge is -2.13. The van der Waals surface area contributed by atoms with Gasteiger partial charge in [-0.1, -0.05) is 12.1 Å². The van der Waals surface area contributed by atoms with Crippen LogP contribution >= 0.6 is 0 Å². The lowest BCUT2D eigenvalue weighted by Crippen LogP contribution is -2.19. The Hall–Kier alpha value is -2.12. The molecule has 1 aromatic heterocycles. The van der Waals surface area contributed by atoms with Crippen LogP contribution in [-0.2, 0) is 6.54 Å². The smallest absolute Gasteiger partial charge is 0.145 e. The van der Waals surface area contributed by atoms with Gasteiger partial charge >= 0.3 is 0 Å². The number of halogens is 1. The largest absolute Gasteiger partial charge is 0.466 e. The van der Waals surface area contributed by atoms with E-state index in [2.05, 4.69) is 5.32 Å². The van der Waals surface area contributed by atoms with E-state index in [1.54, 1.807) is 12.1 Å². The molecule has 0 radical (unpaired) electrons. The van der Waals surface area contributed by atoms with Gasteiger partial charge in [-0.05, 0) is 32.9 Å². The lowest BCUT2D eigenvalue weighted by atomic mass is 10.1. The van der Waals surface area contributed by atoms with E-state index in [9.17, 15) is 4.39 Å². The second kappa shape index (κ2) is 5.89. The Morgan fingerprint density at radius 3 is 2.75 bits per heavy atom. The molecule has 1 atom stereocenters. The van der Waals surface area contributed by atoms with Gasteiger partial charge in [0.1, 0.15) is 23.4 Å². The number of nitrogens with zero attached hydrogens (tertiary/aromatic N) is 1. The molecule has 0 spiro atoms. The van der Waals surface area contributed by atoms with Crippen molar-refractivity contribution in [1.82, 2.24) is 5.32 Å². The van der Waals surface area contributed by atoms with E-state index in [-0.39, 0.29) is 11.6 Å². The molecule has 0 saturated carbocycles. The maximum atomic E-state index is 13.9. The van der Waals surface area contributed by atoms with Gasteiger partial charge in [0.2, 0.25) is 0 Å². The first kappa shape index (κ1) is 14.3. The molecule has 0 saturated heterocycles. The van der Waals surface area contributed by atoms with E-state index in [1.807, 2.05) is 32.9 Å². The Bertz CT molecular complexity index is 655. The van der Waals surface area contributed by atoms with Crippen molar-refractivity contribution < 1.29 is 8.81 Å². The van der Waals surface area contributed by atoms with Crippen LogP contribution in [0.2, 0.25) is 0 Å². The third kappa shape index (κ3) is 2.89. The molecule has 2 aromatic rings. The fourth-order valence-electron chi connectivity index (χ4n) is 2.26. The van der Waals surface area contributed by atoms with Crippen LogP contribution in [0.5, 0.6) is 0 Å². The normalized spacial score (nSPS) is 12.2. The maximum Gasteiger partial charge on any atom is 0.145 e. The summed E-state index contributed by atoms with van der Waals surface area (Å²) >= 11 is 0. The van der Waals surface area contributed by atoms with E-state index >= 15 is 0 Å². The highest BCUT2D eigenvalue weighted by Crippen LogP contribution is 2.22. The van der Waals surface area contributed by atoms with Crippen molar-refractivity contribution in [2.75, 3.05) is 0 Å². The van der Waals surface area contributed by atoms with E-state index < -0.39 is 5.82 Å². The Morgan fingerprint density at radius 2 is 2.15 bits per heavy atom. The van der Waals surface area contributed by atoms with Crippen molar-refractivity contribution in [3.8, 4) is 6.07 Å². The van der Waals surface area contributed by atoms with E-state index in [1.165, 1.54) is 6.07 Å². The zero-order chi connectivity index (χ0) is 14.7. The average Bonchev–Trinajstić information content (AvgIpc) is 2.76. The Balaban J connectivity index is 2.10. The van der Waals surface area contributed by atoms with Crippen molar-refractivity contribution in [1.29, 1.82) is 5.26 Å². The molecule has 3 nitrogen and oxygen atoms in total. The topological polar surface area (TPSA) is 49.0 Å². The Kier molecular flexibility index (Phi) is 4.21. The number of aryl methyl sites for hydroxylation is 2. The van der Waals surface area contributed by atoms with Gasteiger partial charge in [0.25, 0.3) is 0 Å². The highest BCUT2D eigenvalue weighted by molar-refractivity contribution is 5.35. The van der Waals surface area contributed by atoms with Crippen LogP contribution in [0.15, 0.2) is 28.7 Å². The third-order valence-corrected chi connectivity index (χ3v) is 3.34. The van der Waals surface area contributed by atoms with E-state index in [4.69, 9.17) is 9.68 Å². The third-order valence-electron chi connectivity index (χ3n) is 3.34. The van der Waals surface area contributed by atoms with Crippen molar-refractivity contribution in [3.05, 3.63) is 58.3 Å². The van der Waals surface area contributed by atoms with Gasteiger partial charge in [0.05, 0.1) is 5.56 Å². The summed E-state index contributed by atoms with van der Waals surface area (Å²) in [5.74, 6) is 1.28. The number of furan rings is 1. The SMILES string of the molecule is Cc1cc(C(C)NCc2cccc(C#N)c2F)c(C)o1. The van der Waals surface area contributed by atoms with Crippen molar-refractivity contribution in [2.24, 2.45) is 0 Å². The van der Waals surface area contributed by atoms with Crippen LogP contribution in [0.25, 0.3) is 0 Å². The molecule has 1 heterocycles. The fraction of sp³-hybridized carbons (Fsp3) is 0.312. The van der Waals surface area contributed by atoms with Crippen LogP contribution in [0.3, 0.4) is 0 Å². The molecule has 0 amide bonds. The maximum absolute atomic E-state index is 13.9. The van der Waals surface area contributed by atoms with Gasteiger partial charge in [-0.3, -0.25) is 0 Å². The van der Waals surface area contributed by atoms with Gasteiger partial charge in [0.15, 0.2) is 0 Å². The molecule has 0 fully saturated rings. The predicted octanol–water partition coefficient (Wildman–Crippen LogP) is 3.76. The zero-order valence-corrected chi connectivity index (χ0v) is 11.8. The first-order chi connectivity index (χ1) is 9.52. The predicted molar refractivity (Wildman–Crippen MR) is 74.6 cm³/mol. The second-order valence-corrected chi connectivity index (χ2v) is 4.86. The molecule has 1 unspecified atom stereocenters. The monoisotopic (exact) mass is 272 g/mol. The molecular formula is C16H17FN2O.